The van der Waals surface area contributed by atoms with Gasteiger partial charge >= 0.3 is 0 Å². The van der Waals surface area contributed by atoms with Crippen LogP contribution in [0.1, 0.15) is 26.0 Å². The number of hydrogen-bond donors (Lipinski definition) is 2. The van der Waals surface area contributed by atoms with E-state index in [1.807, 2.05) is 19.9 Å². The number of hydrogen-bond acceptors (Lipinski definition) is 5. The van der Waals surface area contributed by atoms with Crippen molar-refractivity contribution in [3.63, 3.8) is 0 Å². The molecule has 0 unspecified atom stereocenters. The first kappa shape index (κ1) is 12.9. The second-order valence-corrected chi connectivity index (χ2v) is 3.76. The molecule has 1 aromatic rings. The van der Waals surface area contributed by atoms with Crippen molar-refractivity contribution >= 4 is 11.7 Å². The average Bonchev–Trinajstić information content (AvgIpc) is 2.28. The Morgan fingerprint density at radius 3 is 2.82 bits per heavy atom. The molecule has 0 aromatic carbocycles. The molecule has 0 bridgehead atoms. The van der Waals surface area contributed by atoms with Crippen LogP contribution in [0.15, 0.2) is 12.4 Å². The highest BCUT2D eigenvalue weighted by Gasteiger charge is 2.05. The molecule has 1 aromatic heterocycles. The van der Waals surface area contributed by atoms with Crippen molar-refractivity contribution in [1.29, 1.82) is 5.26 Å². The number of aromatic nitrogens is 2. The van der Waals surface area contributed by atoms with Gasteiger partial charge in [0.05, 0.1) is 0 Å². The van der Waals surface area contributed by atoms with E-state index >= 15 is 0 Å². The lowest BCUT2D eigenvalue weighted by Gasteiger charge is -2.09. The van der Waals surface area contributed by atoms with Gasteiger partial charge in [0.25, 0.3) is 0 Å². The van der Waals surface area contributed by atoms with Crippen LogP contribution < -0.4 is 10.6 Å². The van der Waals surface area contributed by atoms with Gasteiger partial charge in [0.2, 0.25) is 5.91 Å². The third-order valence-corrected chi connectivity index (χ3v) is 1.90. The van der Waals surface area contributed by atoms with E-state index in [0.29, 0.717) is 18.8 Å². The smallest absolute Gasteiger partial charge is 0.221 e. The lowest BCUT2D eigenvalue weighted by molar-refractivity contribution is -0.121. The van der Waals surface area contributed by atoms with Gasteiger partial charge in [0, 0.05) is 31.4 Å². The first-order chi connectivity index (χ1) is 8.13. The molecule has 17 heavy (non-hydrogen) atoms. The van der Waals surface area contributed by atoms with Crippen LogP contribution in [0.4, 0.5) is 5.82 Å². The third-order valence-electron chi connectivity index (χ3n) is 1.90. The Balaban J connectivity index is 2.41. The molecule has 0 atom stereocenters. The molecule has 0 aliphatic heterocycles. The van der Waals surface area contributed by atoms with E-state index in [2.05, 4.69) is 20.6 Å². The molecule has 90 valence electrons. The maximum atomic E-state index is 11.3. The van der Waals surface area contributed by atoms with Crippen LogP contribution in [0, 0.1) is 11.3 Å². The molecule has 0 aliphatic rings. The van der Waals surface area contributed by atoms with Crippen LogP contribution in [0.25, 0.3) is 0 Å². The van der Waals surface area contributed by atoms with Crippen molar-refractivity contribution < 1.29 is 4.79 Å². The molecule has 1 heterocycles. The van der Waals surface area contributed by atoms with E-state index in [0.717, 1.165) is 0 Å². The molecule has 0 spiro atoms. The molecule has 6 nitrogen and oxygen atoms in total. The molecular formula is C11H15N5O. The van der Waals surface area contributed by atoms with Crippen molar-refractivity contribution in [2.24, 2.45) is 0 Å². The fraction of sp³-hybridized carbons (Fsp3) is 0.455. The molecular weight excluding hydrogens is 218 g/mol. The number of amides is 1. The van der Waals surface area contributed by atoms with Crippen molar-refractivity contribution in [2.45, 2.75) is 26.3 Å². The van der Waals surface area contributed by atoms with Gasteiger partial charge in [-0.3, -0.25) is 4.79 Å². The van der Waals surface area contributed by atoms with Crippen LogP contribution in [0.3, 0.4) is 0 Å². The number of anilines is 1. The average molecular weight is 233 g/mol. The SMILES string of the molecule is CC(C)NC(=O)CCNc1nccnc1C#N. The van der Waals surface area contributed by atoms with E-state index in [1.165, 1.54) is 12.4 Å². The van der Waals surface area contributed by atoms with E-state index in [1.54, 1.807) is 0 Å². The zero-order valence-electron chi connectivity index (χ0n) is 9.90. The van der Waals surface area contributed by atoms with Gasteiger partial charge < -0.3 is 10.6 Å². The summed E-state index contributed by atoms with van der Waals surface area (Å²) in [5.74, 6) is 0.377. The summed E-state index contributed by atoms with van der Waals surface area (Å²) in [5.41, 5.74) is 0.233. The first-order valence-corrected chi connectivity index (χ1v) is 5.38. The quantitative estimate of drug-likeness (QED) is 0.780. The Morgan fingerprint density at radius 1 is 1.47 bits per heavy atom. The van der Waals surface area contributed by atoms with Crippen LogP contribution in [0.2, 0.25) is 0 Å². The summed E-state index contributed by atoms with van der Waals surface area (Å²) in [5, 5.41) is 14.5. The molecule has 0 radical (unpaired) electrons. The highest BCUT2D eigenvalue weighted by atomic mass is 16.1. The highest BCUT2D eigenvalue weighted by molar-refractivity contribution is 5.76. The zero-order chi connectivity index (χ0) is 12.7. The van der Waals surface area contributed by atoms with E-state index in [-0.39, 0.29) is 17.6 Å². The fourth-order valence-electron chi connectivity index (χ4n) is 1.24. The lowest BCUT2D eigenvalue weighted by Crippen LogP contribution is -2.31. The van der Waals surface area contributed by atoms with Gasteiger partial charge in [0.1, 0.15) is 6.07 Å². The number of nitrogens with one attached hydrogen (secondary N) is 2. The molecule has 1 rings (SSSR count). The Labute approximate surface area is 100 Å². The summed E-state index contributed by atoms with van der Waals surface area (Å²) in [6.45, 7) is 4.23. The fourth-order valence-corrected chi connectivity index (χ4v) is 1.24. The van der Waals surface area contributed by atoms with Crippen molar-refractivity contribution in [3.05, 3.63) is 18.1 Å². The second kappa shape index (κ2) is 6.43. The standard InChI is InChI=1S/C11H15N5O/c1-8(2)16-10(17)3-4-14-11-9(7-12)13-5-6-15-11/h5-6,8H,3-4H2,1-2H3,(H,14,15)(H,16,17). The van der Waals surface area contributed by atoms with Gasteiger partial charge in [-0.25, -0.2) is 9.97 Å². The van der Waals surface area contributed by atoms with E-state index in [9.17, 15) is 4.79 Å². The minimum Gasteiger partial charge on any atom is -0.367 e. The maximum absolute atomic E-state index is 11.3. The van der Waals surface area contributed by atoms with Crippen molar-refractivity contribution in [1.82, 2.24) is 15.3 Å². The van der Waals surface area contributed by atoms with Gasteiger partial charge in [-0.15, -0.1) is 0 Å². The number of nitrogens with zero attached hydrogens (tertiary/aromatic N) is 3. The van der Waals surface area contributed by atoms with Gasteiger partial charge in [-0.05, 0) is 13.8 Å². The summed E-state index contributed by atoms with van der Waals surface area (Å²) in [6.07, 6.45) is 3.28. The van der Waals surface area contributed by atoms with E-state index < -0.39 is 0 Å². The largest absolute Gasteiger partial charge is 0.367 e. The van der Waals surface area contributed by atoms with Crippen LogP contribution in [-0.4, -0.2) is 28.5 Å². The Kier molecular flexibility index (Phi) is 4.88. The van der Waals surface area contributed by atoms with Gasteiger partial charge in [0.15, 0.2) is 11.5 Å². The summed E-state index contributed by atoms with van der Waals surface area (Å²) in [6, 6.07) is 2.06. The first-order valence-electron chi connectivity index (χ1n) is 5.38. The van der Waals surface area contributed by atoms with Crippen molar-refractivity contribution in [3.8, 4) is 6.07 Å². The predicted octanol–water partition coefficient (Wildman–Crippen LogP) is 0.675. The lowest BCUT2D eigenvalue weighted by atomic mass is 10.3. The topological polar surface area (TPSA) is 90.7 Å². The number of nitriles is 1. The number of rotatable bonds is 5. The van der Waals surface area contributed by atoms with Gasteiger partial charge in [-0.1, -0.05) is 0 Å². The molecule has 6 heteroatoms. The molecule has 2 N–H and O–H groups in total. The Bertz CT molecular complexity index is 424. The second-order valence-electron chi connectivity index (χ2n) is 3.76. The van der Waals surface area contributed by atoms with Crippen molar-refractivity contribution in [2.75, 3.05) is 11.9 Å². The third kappa shape index (κ3) is 4.47. The molecule has 0 saturated carbocycles. The minimum absolute atomic E-state index is 0.0325. The monoisotopic (exact) mass is 233 g/mol. The number of carbonyl (C=O) groups excluding carboxylic acids is 1. The highest BCUT2D eigenvalue weighted by Crippen LogP contribution is 2.05. The molecule has 0 aliphatic carbocycles. The van der Waals surface area contributed by atoms with Crippen LogP contribution in [0.5, 0.6) is 0 Å². The summed E-state index contributed by atoms with van der Waals surface area (Å²) in [4.78, 5) is 19.2. The minimum atomic E-state index is -0.0325. The van der Waals surface area contributed by atoms with Gasteiger partial charge in [-0.2, -0.15) is 5.26 Å². The normalized spacial score (nSPS) is 9.76. The van der Waals surface area contributed by atoms with Crippen LogP contribution >= 0.6 is 0 Å². The zero-order valence-corrected chi connectivity index (χ0v) is 9.90. The Hall–Kier alpha value is -2.16. The summed E-state index contributed by atoms with van der Waals surface area (Å²) in [7, 11) is 0. The maximum Gasteiger partial charge on any atom is 0.221 e. The summed E-state index contributed by atoms with van der Waals surface area (Å²) < 4.78 is 0. The predicted molar refractivity (Wildman–Crippen MR) is 63.1 cm³/mol. The van der Waals surface area contributed by atoms with E-state index in [4.69, 9.17) is 5.26 Å². The summed E-state index contributed by atoms with van der Waals surface area (Å²) >= 11 is 0. The Morgan fingerprint density at radius 2 is 2.18 bits per heavy atom. The molecule has 1 amide bonds. The van der Waals surface area contributed by atoms with Crippen LogP contribution in [-0.2, 0) is 4.79 Å². The number of carbonyl (C=O) groups is 1. The molecule has 0 saturated heterocycles. The molecule has 0 fully saturated rings.